The average Bonchev–Trinajstić information content (AvgIpc) is 3.04. The van der Waals surface area contributed by atoms with Crippen molar-refractivity contribution in [1.82, 2.24) is 9.62 Å². The third-order valence-electron chi connectivity index (χ3n) is 2.83. The van der Waals surface area contributed by atoms with Crippen LogP contribution in [0, 0.1) is 0 Å². The molecular weight excluding hydrogens is 236 g/mol. The van der Waals surface area contributed by atoms with Crippen LogP contribution < -0.4 is 5.32 Å². The molecule has 1 rings (SSSR count). The summed E-state index contributed by atoms with van der Waals surface area (Å²) in [5, 5.41) is 3.33. The van der Waals surface area contributed by atoms with Gasteiger partial charge in [0, 0.05) is 18.6 Å². The lowest BCUT2D eigenvalue weighted by atomic mass is 10.4. The summed E-state index contributed by atoms with van der Waals surface area (Å²) in [5.74, 6) is 0.221. The van der Waals surface area contributed by atoms with Crippen molar-refractivity contribution in [2.45, 2.75) is 45.2 Å². The monoisotopic (exact) mass is 260 g/mol. The lowest BCUT2D eigenvalue weighted by molar-refractivity contribution is 0.382. The Hall–Kier alpha value is -0.390. The van der Waals surface area contributed by atoms with E-state index in [-0.39, 0.29) is 11.8 Å². The highest BCUT2D eigenvalue weighted by atomic mass is 32.2. The molecule has 1 fully saturated rings. The Morgan fingerprint density at radius 2 is 2.12 bits per heavy atom. The van der Waals surface area contributed by atoms with Gasteiger partial charge in [0.25, 0.3) is 0 Å². The predicted octanol–water partition coefficient (Wildman–Crippen LogP) is 1.35. The lowest BCUT2D eigenvalue weighted by Crippen LogP contribution is -2.39. The van der Waals surface area contributed by atoms with Crippen molar-refractivity contribution < 1.29 is 8.42 Å². The van der Waals surface area contributed by atoms with Crippen LogP contribution in [0.1, 0.15) is 33.1 Å². The molecule has 0 radical (unpaired) electrons. The Morgan fingerprint density at radius 1 is 1.47 bits per heavy atom. The number of hydrogen-bond acceptors (Lipinski definition) is 3. The first-order valence-corrected chi connectivity index (χ1v) is 7.92. The number of sulfonamides is 1. The van der Waals surface area contributed by atoms with Crippen LogP contribution in [0.25, 0.3) is 0 Å². The topological polar surface area (TPSA) is 49.4 Å². The van der Waals surface area contributed by atoms with E-state index in [1.165, 1.54) is 17.1 Å². The first kappa shape index (κ1) is 14.7. The predicted molar refractivity (Wildman–Crippen MR) is 71.5 cm³/mol. The number of nitrogens with zero attached hydrogens (tertiary/aromatic N) is 1. The summed E-state index contributed by atoms with van der Waals surface area (Å²) in [7, 11) is -3.14. The Bertz CT molecular complexity index is 334. The lowest BCUT2D eigenvalue weighted by Gasteiger charge is -2.24. The van der Waals surface area contributed by atoms with Crippen LogP contribution in [0.4, 0.5) is 0 Å². The highest BCUT2D eigenvalue weighted by Crippen LogP contribution is 2.18. The van der Waals surface area contributed by atoms with Gasteiger partial charge < -0.3 is 5.32 Å². The molecule has 1 aliphatic carbocycles. The van der Waals surface area contributed by atoms with Crippen LogP contribution in [0.15, 0.2) is 12.7 Å². The quantitative estimate of drug-likeness (QED) is 0.503. The van der Waals surface area contributed by atoms with Crippen LogP contribution in [0.5, 0.6) is 0 Å². The van der Waals surface area contributed by atoms with Crippen molar-refractivity contribution in [3.63, 3.8) is 0 Å². The van der Waals surface area contributed by atoms with Crippen molar-refractivity contribution >= 4 is 10.0 Å². The molecule has 0 atom stereocenters. The van der Waals surface area contributed by atoms with Crippen molar-refractivity contribution in [3.8, 4) is 0 Å². The minimum Gasteiger partial charge on any atom is -0.314 e. The Kier molecular flexibility index (Phi) is 5.62. The molecule has 4 nitrogen and oxygen atoms in total. The number of hydrogen-bond donors (Lipinski definition) is 1. The third-order valence-corrected chi connectivity index (χ3v) is 4.92. The number of nitrogens with one attached hydrogen (secondary N) is 1. The average molecular weight is 260 g/mol. The summed E-state index contributed by atoms with van der Waals surface area (Å²) < 4.78 is 25.7. The van der Waals surface area contributed by atoms with Gasteiger partial charge >= 0.3 is 0 Å². The summed E-state index contributed by atoms with van der Waals surface area (Å²) in [6.07, 6.45) is 4.79. The largest absolute Gasteiger partial charge is 0.314 e. The first-order chi connectivity index (χ1) is 7.97. The smallest absolute Gasteiger partial charge is 0.214 e. The van der Waals surface area contributed by atoms with Gasteiger partial charge in [-0.1, -0.05) is 6.08 Å². The molecule has 0 aromatic carbocycles. The van der Waals surface area contributed by atoms with E-state index in [1.807, 2.05) is 13.8 Å². The molecule has 0 saturated heterocycles. The maximum absolute atomic E-state index is 12.1. The van der Waals surface area contributed by atoms with E-state index < -0.39 is 10.0 Å². The molecule has 0 heterocycles. The standard InChI is InChI=1S/C12H24N2O2S/c1-4-9-14(11(2)3)17(15,16)10-5-8-13-12-6-7-12/h4,11-13H,1,5-10H2,2-3H3. The van der Waals surface area contributed by atoms with Crippen LogP contribution in [0.3, 0.4) is 0 Å². The van der Waals surface area contributed by atoms with Crippen LogP contribution in [0.2, 0.25) is 0 Å². The molecule has 0 aromatic heterocycles. The minimum absolute atomic E-state index is 0.00519. The molecule has 1 aliphatic rings. The van der Waals surface area contributed by atoms with Crippen LogP contribution in [-0.2, 0) is 10.0 Å². The number of rotatable bonds is 9. The van der Waals surface area contributed by atoms with E-state index in [0.717, 1.165) is 6.54 Å². The Balaban J connectivity index is 2.37. The molecule has 1 N–H and O–H groups in total. The van der Waals surface area contributed by atoms with Crippen molar-refractivity contribution in [1.29, 1.82) is 0 Å². The highest BCUT2D eigenvalue weighted by Gasteiger charge is 2.24. The van der Waals surface area contributed by atoms with Crippen molar-refractivity contribution in [3.05, 3.63) is 12.7 Å². The second kappa shape index (κ2) is 6.52. The van der Waals surface area contributed by atoms with Crippen molar-refractivity contribution in [2.75, 3.05) is 18.8 Å². The van der Waals surface area contributed by atoms with E-state index in [4.69, 9.17) is 0 Å². The third kappa shape index (κ3) is 5.19. The van der Waals surface area contributed by atoms with Crippen LogP contribution >= 0.6 is 0 Å². The van der Waals surface area contributed by atoms with E-state index in [2.05, 4.69) is 11.9 Å². The van der Waals surface area contributed by atoms with E-state index in [1.54, 1.807) is 6.08 Å². The normalized spacial score (nSPS) is 16.7. The second-order valence-electron chi connectivity index (χ2n) is 4.85. The summed E-state index contributed by atoms with van der Waals surface area (Å²) >= 11 is 0. The minimum atomic E-state index is -3.14. The van der Waals surface area contributed by atoms with Gasteiger partial charge in [0.1, 0.15) is 0 Å². The zero-order valence-corrected chi connectivity index (χ0v) is 11.7. The van der Waals surface area contributed by atoms with Gasteiger partial charge in [0.05, 0.1) is 5.75 Å². The zero-order valence-electron chi connectivity index (χ0n) is 10.9. The maximum atomic E-state index is 12.1. The van der Waals surface area contributed by atoms with E-state index in [9.17, 15) is 8.42 Å². The molecule has 1 saturated carbocycles. The van der Waals surface area contributed by atoms with E-state index >= 15 is 0 Å². The summed E-state index contributed by atoms with van der Waals surface area (Å²) in [4.78, 5) is 0. The molecule has 100 valence electrons. The Morgan fingerprint density at radius 3 is 2.59 bits per heavy atom. The summed E-state index contributed by atoms with van der Waals surface area (Å²) in [5.41, 5.74) is 0. The van der Waals surface area contributed by atoms with Crippen molar-refractivity contribution in [2.24, 2.45) is 0 Å². The molecule has 17 heavy (non-hydrogen) atoms. The zero-order chi connectivity index (χ0) is 12.9. The van der Waals surface area contributed by atoms with Gasteiger partial charge in [-0.25, -0.2) is 8.42 Å². The van der Waals surface area contributed by atoms with Gasteiger partial charge in [-0.15, -0.1) is 6.58 Å². The fourth-order valence-corrected chi connectivity index (χ4v) is 3.46. The second-order valence-corrected chi connectivity index (χ2v) is 6.89. The van der Waals surface area contributed by atoms with Gasteiger partial charge in [-0.2, -0.15) is 4.31 Å². The SMILES string of the molecule is C=CCN(C(C)C)S(=O)(=O)CCCNC1CC1. The van der Waals surface area contributed by atoms with E-state index in [0.29, 0.717) is 19.0 Å². The van der Waals surface area contributed by atoms with Gasteiger partial charge in [-0.05, 0) is 39.7 Å². The van der Waals surface area contributed by atoms with Gasteiger partial charge in [0.15, 0.2) is 0 Å². The summed E-state index contributed by atoms with van der Waals surface area (Å²) in [6.45, 7) is 8.58. The fourth-order valence-electron chi connectivity index (χ4n) is 1.74. The van der Waals surface area contributed by atoms with Gasteiger partial charge in [-0.3, -0.25) is 0 Å². The molecule has 0 bridgehead atoms. The molecule has 0 amide bonds. The fraction of sp³-hybridized carbons (Fsp3) is 0.833. The van der Waals surface area contributed by atoms with Gasteiger partial charge in [0.2, 0.25) is 10.0 Å². The molecule has 5 heteroatoms. The molecule has 0 unspecified atom stereocenters. The highest BCUT2D eigenvalue weighted by molar-refractivity contribution is 7.89. The summed E-state index contributed by atoms with van der Waals surface area (Å²) in [6, 6.07) is 0.640. The Labute approximate surface area is 105 Å². The maximum Gasteiger partial charge on any atom is 0.214 e. The molecule has 0 aliphatic heterocycles. The molecule has 0 spiro atoms. The van der Waals surface area contributed by atoms with Crippen LogP contribution in [-0.4, -0.2) is 43.6 Å². The molecule has 0 aromatic rings. The molecular formula is C12H24N2O2S. The first-order valence-electron chi connectivity index (χ1n) is 6.31.